The zero-order valence-corrected chi connectivity index (χ0v) is 22.7. The summed E-state index contributed by atoms with van der Waals surface area (Å²) in [5.74, 6) is 0. The number of nitrogens with zero attached hydrogens (tertiary/aromatic N) is 5. The highest BCUT2D eigenvalue weighted by Gasteiger charge is 2.27. The molecule has 14 heteroatoms. The number of benzene rings is 2. The summed E-state index contributed by atoms with van der Waals surface area (Å²) in [5.41, 5.74) is 6.13. The number of fused-ring (bicyclic) bond motifs is 2. The predicted molar refractivity (Wildman–Crippen MR) is 145 cm³/mol. The Hall–Kier alpha value is -2.20. The largest absolute Gasteiger partial charge is 0.369 e. The van der Waals surface area contributed by atoms with Gasteiger partial charge in [-0.05, 0) is 37.1 Å². The molecule has 36 heavy (non-hydrogen) atoms. The van der Waals surface area contributed by atoms with Crippen LogP contribution in [0.4, 0.5) is 11.4 Å². The van der Waals surface area contributed by atoms with Gasteiger partial charge in [-0.3, -0.25) is 0 Å². The summed E-state index contributed by atoms with van der Waals surface area (Å²) in [6.07, 6.45) is 0. The molecule has 1 aromatic heterocycles. The first-order chi connectivity index (χ1) is 16.9. The van der Waals surface area contributed by atoms with Gasteiger partial charge in [0.2, 0.25) is 11.3 Å². The summed E-state index contributed by atoms with van der Waals surface area (Å²) in [4.78, 5) is 9.36. The second kappa shape index (κ2) is 9.28. The van der Waals surface area contributed by atoms with Crippen LogP contribution in [-0.2, 0) is 20.4 Å². The zero-order valence-electron chi connectivity index (χ0n) is 20.2. The van der Waals surface area contributed by atoms with Crippen molar-refractivity contribution in [2.45, 2.75) is 13.8 Å². The molecule has 2 aliphatic heterocycles. The van der Waals surface area contributed by atoms with Crippen LogP contribution in [0.1, 0.15) is 11.1 Å². The van der Waals surface area contributed by atoms with E-state index >= 15 is 0 Å². The maximum atomic E-state index is 11.7. The molecule has 2 aromatic carbocycles. The topological polar surface area (TPSA) is 146 Å². The minimum atomic E-state index is -3.67. The van der Waals surface area contributed by atoms with Gasteiger partial charge in [0.25, 0.3) is 29.8 Å². The maximum absolute atomic E-state index is 11.7. The average molecular weight is 553 g/mol. The smallest absolute Gasteiger partial charge is 0.277 e. The number of nitrogens with two attached hydrogens (primary N) is 2. The van der Waals surface area contributed by atoms with Crippen LogP contribution in [0.3, 0.4) is 0 Å². The highest BCUT2D eigenvalue weighted by molar-refractivity contribution is 7.87. The molecular weight excluding hydrogens is 522 g/mol. The number of hydrogen-bond acceptors (Lipinski definition) is 7. The summed E-state index contributed by atoms with van der Waals surface area (Å²) in [6, 6.07) is 8.46. The highest BCUT2D eigenvalue weighted by atomic mass is 32.2. The van der Waals surface area contributed by atoms with Crippen molar-refractivity contribution in [2.24, 2.45) is 10.3 Å². The molecule has 3 aromatic rings. The average Bonchev–Trinajstić information content (AvgIpc) is 2.82. The standard InChI is InChI=1S/C22H30N7O4S3/c1-15-11-17(26-3-7-28(8-4-26)35(23,30)31)13-19-21(15)25-22-16(2)12-18(14-20(22)34-19)27-5-9-29(10-6-27)36(24,32)33/h11-14H,3-10H2,1-2H3,(H2,23,30,31)(H2,24,32,33)/q+1. The van der Waals surface area contributed by atoms with Gasteiger partial charge in [0.05, 0.1) is 0 Å². The number of rotatable bonds is 4. The van der Waals surface area contributed by atoms with Crippen LogP contribution < -0.4 is 20.1 Å². The molecule has 2 saturated heterocycles. The Morgan fingerprint density at radius 2 is 1.03 bits per heavy atom. The SMILES string of the molecule is Cc1cc(N2CCN(S(N)(=O)=O)CC2)cc2[s+]c3cc(N4CCN(S(N)(=O)=O)CC4)cc(C)c3nc12. The summed E-state index contributed by atoms with van der Waals surface area (Å²) in [7, 11) is -7.34. The molecule has 0 radical (unpaired) electrons. The summed E-state index contributed by atoms with van der Waals surface area (Å²) < 4.78 is 51.3. The third kappa shape index (κ3) is 4.98. The Balaban J connectivity index is 1.46. The van der Waals surface area contributed by atoms with Crippen LogP contribution in [0.5, 0.6) is 0 Å². The van der Waals surface area contributed by atoms with Gasteiger partial charge in [-0.25, -0.2) is 15.3 Å². The first-order valence-electron chi connectivity index (χ1n) is 11.6. The second-order valence-electron chi connectivity index (χ2n) is 9.29. The molecule has 0 spiro atoms. The maximum Gasteiger partial charge on any atom is 0.277 e. The van der Waals surface area contributed by atoms with E-state index in [1.165, 1.54) is 8.61 Å². The van der Waals surface area contributed by atoms with E-state index in [-0.39, 0.29) is 0 Å². The van der Waals surface area contributed by atoms with E-state index in [1.807, 2.05) is 13.8 Å². The first kappa shape index (κ1) is 25.4. The van der Waals surface area contributed by atoms with Crippen molar-refractivity contribution in [3.63, 3.8) is 0 Å². The van der Waals surface area contributed by atoms with Crippen molar-refractivity contribution in [1.82, 2.24) is 13.6 Å². The van der Waals surface area contributed by atoms with Gasteiger partial charge >= 0.3 is 0 Å². The normalized spacial score (nSPS) is 18.9. The molecule has 194 valence electrons. The number of anilines is 2. The lowest BCUT2D eigenvalue weighted by atomic mass is 10.1. The van der Waals surface area contributed by atoms with Crippen LogP contribution in [-0.4, -0.2) is 82.8 Å². The molecule has 0 amide bonds. The van der Waals surface area contributed by atoms with Crippen molar-refractivity contribution in [1.29, 1.82) is 0 Å². The number of hydrogen-bond donors (Lipinski definition) is 2. The molecule has 5 rings (SSSR count). The molecule has 11 nitrogen and oxygen atoms in total. The summed E-state index contributed by atoms with van der Waals surface area (Å²) in [5, 5.41) is 10.6. The molecule has 2 fully saturated rings. The van der Waals surface area contributed by atoms with E-state index in [0.717, 1.165) is 42.9 Å². The molecule has 0 atom stereocenters. The Morgan fingerprint density at radius 3 is 1.36 bits per heavy atom. The van der Waals surface area contributed by atoms with Crippen molar-refractivity contribution >= 4 is 63.6 Å². The van der Waals surface area contributed by atoms with Gasteiger partial charge in [0, 0.05) is 75.9 Å². The van der Waals surface area contributed by atoms with E-state index in [9.17, 15) is 16.8 Å². The Labute approximate surface area is 215 Å². The van der Waals surface area contributed by atoms with Crippen LogP contribution in [0.15, 0.2) is 24.3 Å². The Bertz CT molecular complexity index is 1430. The van der Waals surface area contributed by atoms with Crippen molar-refractivity contribution in [3.05, 3.63) is 35.4 Å². The monoisotopic (exact) mass is 552 g/mol. The first-order valence-corrected chi connectivity index (χ1v) is 15.5. The van der Waals surface area contributed by atoms with Gasteiger partial charge < -0.3 is 9.80 Å². The molecule has 0 aliphatic carbocycles. The quantitative estimate of drug-likeness (QED) is 0.363. The molecule has 3 heterocycles. The summed E-state index contributed by atoms with van der Waals surface area (Å²) in [6.45, 7) is 7.81. The van der Waals surface area contributed by atoms with Gasteiger partial charge in [-0.15, -0.1) is 0 Å². The highest BCUT2D eigenvalue weighted by Crippen LogP contribution is 2.35. The third-order valence-corrected chi connectivity index (χ3v) is 10.1. The van der Waals surface area contributed by atoms with Gasteiger partial charge in [-0.1, -0.05) is 0 Å². The van der Waals surface area contributed by atoms with Crippen LogP contribution in [0, 0.1) is 13.8 Å². The second-order valence-corrected chi connectivity index (χ2v) is 13.5. The zero-order chi connectivity index (χ0) is 25.8. The fourth-order valence-corrected chi connectivity index (χ4v) is 7.44. The predicted octanol–water partition coefficient (Wildman–Crippen LogP) is 0.998. The van der Waals surface area contributed by atoms with Crippen molar-refractivity contribution in [3.8, 4) is 0 Å². The van der Waals surface area contributed by atoms with E-state index in [2.05, 4.69) is 34.1 Å². The lowest BCUT2D eigenvalue weighted by Crippen LogP contribution is -2.50. The molecular formula is C22H30N7O4S3+. The lowest BCUT2D eigenvalue weighted by molar-refractivity contribution is 0.385. The van der Waals surface area contributed by atoms with E-state index < -0.39 is 20.4 Å². The van der Waals surface area contributed by atoms with E-state index in [4.69, 9.17) is 15.3 Å². The van der Waals surface area contributed by atoms with E-state index in [1.54, 1.807) is 11.3 Å². The Morgan fingerprint density at radius 1 is 0.667 bits per heavy atom. The fraction of sp³-hybridized carbons (Fsp3) is 0.455. The van der Waals surface area contributed by atoms with Crippen molar-refractivity contribution in [2.75, 3.05) is 62.2 Å². The Kier molecular flexibility index (Phi) is 6.56. The van der Waals surface area contributed by atoms with Gasteiger partial charge in [0.1, 0.15) is 11.0 Å². The minimum Gasteiger partial charge on any atom is -0.369 e. The van der Waals surface area contributed by atoms with E-state index in [0.29, 0.717) is 52.4 Å². The molecule has 0 saturated carbocycles. The van der Waals surface area contributed by atoms with Crippen LogP contribution in [0.25, 0.3) is 20.4 Å². The van der Waals surface area contributed by atoms with Gasteiger partial charge in [-0.2, -0.15) is 25.4 Å². The number of piperazine rings is 2. The molecule has 4 N–H and O–H groups in total. The van der Waals surface area contributed by atoms with Crippen LogP contribution >= 0.6 is 11.3 Å². The molecule has 0 bridgehead atoms. The lowest BCUT2D eigenvalue weighted by Gasteiger charge is -2.34. The van der Waals surface area contributed by atoms with Gasteiger partial charge in [0.15, 0.2) is 0 Å². The molecule has 2 aliphatic rings. The molecule has 0 unspecified atom stereocenters. The minimum absolute atomic E-state index is 0.358. The van der Waals surface area contributed by atoms with Crippen LogP contribution in [0.2, 0.25) is 0 Å². The summed E-state index contributed by atoms with van der Waals surface area (Å²) >= 11 is 1.68. The third-order valence-electron chi connectivity index (χ3n) is 6.87. The number of aryl methyl sites for hydroxylation is 2. The number of aromatic nitrogens is 1. The van der Waals surface area contributed by atoms with Crippen molar-refractivity contribution < 1.29 is 16.8 Å². The fourth-order valence-electron chi connectivity index (χ4n) is 4.90.